The summed E-state index contributed by atoms with van der Waals surface area (Å²) in [5, 5.41) is 8.61. The van der Waals surface area contributed by atoms with Crippen LogP contribution in [-0.2, 0) is 9.59 Å². The lowest BCUT2D eigenvalue weighted by molar-refractivity contribution is -0.117. The molecule has 0 aromatic heterocycles. The van der Waals surface area contributed by atoms with Gasteiger partial charge in [-0.25, -0.2) is 0 Å². The van der Waals surface area contributed by atoms with Gasteiger partial charge in [0.2, 0.25) is 11.8 Å². The van der Waals surface area contributed by atoms with Crippen molar-refractivity contribution in [2.24, 2.45) is 0 Å². The highest BCUT2D eigenvalue weighted by atomic mass is 35.5. The summed E-state index contributed by atoms with van der Waals surface area (Å²) in [6.07, 6.45) is 0.989. The SMILES string of the molecule is CCCNC(C)C(=O)Nc1ccc(NC(C)=O)cc1.Cl. The molecule has 5 nitrogen and oxygen atoms in total. The van der Waals surface area contributed by atoms with Gasteiger partial charge in [0.1, 0.15) is 0 Å². The molecule has 1 aromatic rings. The fraction of sp³-hybridized carbons (Fsp3) is 0.429. The first-order valence-electron chi connectivity index (χ1n) is 6.44. The number of anilines is 2. The van der Waals surface area contributed by atoms with Crippen LogP contribution < -0.4 is 16.0 Å². The van der Waals surface area contributed by atoms with Crippen molar-refractivity contribution in [1.29, 1.82) is 0 Å². The summed E-state index contributed by atoms with van der Waals surface area (Å²) >= 11 is 0. The monoisotopic (exact) mass is 299 g/mol. The molecule has 0 aliphatic heterocycles. The van der Waals surface area contributed by atoms with Crippen molar-refractivity contribution in [1.82, 2.24) is 5.32 Å². The van der Waals surface area contributed by atoms with Crippen LogP contribution in [0.25, 0.3) is 0 Å². The van der Waals surface area contributed by atoms with Gasteiger partial charge in [-0.05, 0) is 44.2 Å². The van der Waals surface area contributed by atoms with Gasteiger partial charge in [0.15, 0.2) is 0 Å². The third-order valence-corrected chi connectivity index (χ3v) is 2.57. The van der Waals surface area contributed by atoms with Crippen molar-refractivity contribution in [2.75, 3.05) is 17.2 Å². The van der Waals surface area contributed by atoms with Crippen molar-refractivity contribution >= 4 is 35.6 Å². The van der Waals surface area contributed by atoms with Crippen molar-refractivity contribution in [3.8, 4) is 0 Å². The first kappa shape index (κ1) is 18.4. The highest BCUT2D eigenvalue weighted by Gasteiger charge is 2.11. The van der Waals surface area contributed by atoms with Crippen LogP contribution in [0.2, 0.25) is 0 Å². The Bertz CT molecular complexity index is 435. The summed E-state index contributed by atoms with van der Waals surface area (Å²) in [6.45, 7) is 6.15. The highest BCUT2D eigenvalue weighted by molar-refractivity contribution is 5.95. The van der Waals surface area contributed by atoms with E-state index in [-0.39, 0.29) is 30.3 Å². The van der Waals surface area contributed by atoms with E-state index in [2.05, 4.69) is 22.9 Å². The Morgan fingerprint density at radius 1 is 1.10 bits per heavy atom. The van der Waals surface area contributed by atoms with Crippen LogP contribution in [0.15, 0.2) is 24.3 Å². The molecule has 112 valence electrons. The molecule has 1 rings (SSSR count). The number of benzene rings is 1. The van der Waals surface area contributed by atoms with Gasteiger partial charge in [-0.15, -0.1) is 12.4 Å². The molecule has 20 heavy (non-hydrogen) atoms. The zero-order valence-corrected chi connectivity index (χ0v) is 12.8. The average Bonchev–Trinajstić information content (AvgIpc) is 2.37. The minimum Gasteiger partial charge on any atom is -0.326 e. The molecule has 0 heterocycles. The first-order chi connectivity index (χ1) is 9.02. The standard InChI is InChI=1S/C14H21N3O2.ClH/c1-4-9-15-10(2)14(19)17-13-7-5-12(6-8-13)16-11(3)18;/h5-8,10,15H,4,9H2,1-3H3,(H,16,18)(H,17,19);1H. The predicted octanol–water partition coefficient (Wildman–Crippen LogP) is 2.39. The minimum absolute atomic E-state index is 0. The summed E-state index contributed by atoms with van der Waals surface area (Å²) in [4.78, 5) is 22.7. The quantitative estimate of drug-likeness (QED) is 0.755. The fourth-order valence-corrected chi connectivity index (χ4v) is 1.54. The Kier molecular flexibility index (Phi) is 8.59. The summed E-state index contributed by atoms with van der Waals surface area (Å²) in [7, 11) is 0. The largest absolute Gasteiger partial charge is 0.326 e. The highest BCUT2D eigenvalue weighted by Crippen LogP contribution is 2.13. The summed E-state index contributed by atoms with van der Waals surface area (Å²) < 4.78 is 0. The Labute approximate surface area is 125 Å². The molecule has 0 fully saturated rings. The Hall–Kier alpha value is -1.59. The van der Waals surface area contributed by atoms with E-state index in [1.807, 2.05) is 6.92 Å². The molecule has 6 heteroatoms. The fourth-order valence-electron chi connectivity index (χ4n) is 1.54. The molecule has 3 N–H and O–H groups in total. The van der Waals surface area contributed by atoms with Crippen LogP contribution in [0.5, 0.6) is 0 Å². The summed E-state index contributed by atoms with van der Waals surface area (Å²) in [5.41, 5.74) is 1.42. The zero-order valence-electron chi connectivity index (χ0n) is 12.0. The molecule has 0 saturated heterocycles. The molecule has 1 unspecified atom stereocenters. The second kappa shape index (κ2) is 9.34. The Balaban J connectivity index is 0.00000361. The van der Waals surface area contributed by atoms with E-state index in [1.165, 1.54) is 6.92 Å². The average molecular weight is 300 g/mol. The van der Waals surface area contributed by atoms with E-state index in [9.17, 15) is 9.59 Å². The predicted molar refractivity (Wildman–Crippen MR) is 84.4 cm³/mol. The maximum Gasteiger partial charge on any atom is 0.241 e. The van der Waals surface area contributed by atoms with Crippen LogP contribution in [0, 0.1) is 0 Å². The van der Waals surface area contributed by atoms with E-state index >= 15 is 0 Å². The van der Waals surface area contributed by atoms with Crippen LogP contribution in [0.4, 0.5) is 11.4 Å². The molecule has 0 bridgehead atoms. The lowest BCUT2D eigenvalue weighted by Gasteiger charge is -2.13. The van der Waals surface area contributed by atoms with Crippen LogP contribution in [0.1, 0.15) is 27.2 Å². The molecule has 0 spiro atoms. The van der Waals surface area contributed by atoms with Crippen molar-refractivity contribution < 1.29 is 9.59 Å². The number of hydrogen-bond acceptors (Lipinski definition) is 3. The van der Waals surface area contributed by atoms with Gasteiger partial charge in [-0.1, -0.05) is 6.92 Å². The van der Waals surface area contributed by atoms with E-state index in [1.54, 1.807) is 24.3 Å². The van der Waals surface area contributed by atoms with Crippen molar-refractivity contribution in [3.05, 3.63) is 24.3 Å². The van der Waals surface area contributed by atoms with Crippen LogP contribution in [0.3, 0.4) is 0 Å². The second-order valence-electron chi connectivity index (χ2n) is 4.42. The molecule has 2 amide bonds. The Morgan fingerprint density at radius 3 is 2.05 bits per heavy atom. The van der Waals surface area contributed by atoms with Gasteiger partial charge in [0.25, 0.3) is 0 Å². The maximum absolute atomic E-state index is 11.8. The van der Waals surface area contributed by atoms with E-state index < -0.39 is 0 Å². The van der Waals surface area contributed by atoms with Crippen LogP contribution in [-0.4, -0.2) is 24.4 Å². The first-order valence-corrected chi connectivity index (χ1v) is 6.44. The van der Waals surface area contributed by atoms with Gasteiger partial charge in [-0.2, -0.15) is 0 Å². The van der Waals surface area contributed by atoms with E-state index in [0.717, 1.165) is 13.0 Å². The molecule has 1 aromatic carbocycles. The summed E-state index contributed by atoms with van der Waals surface area (Å²) in [5.74, 6) is -0.185. The molecule has 1 atom stereocenters. The minimum atomic E-state index is -0.227. The third-order valence-electron chi connectivity index (χ3n) is 2.57. The lowest BCUT2D eigenvalue weighted by Crippen LogP contribution is -2.38. The molecule has 0 aliphatic rings. The number of halogens is 1. The van der Waals surface area contributed by atoms with Gasteiger partial charge < -0.3 is 16.0 Å². The number of amides is 2. The second-order valence-corrected chi connectivity index (χ2v) is 4.42. The summed E-state index contributed by atoms with van der Waals surface area (Å²) in [6, 6.07) is 6.79. The van der Waals surface area contributed by atoms with Crippen molar-refractivity contribution in [3.63, 3.8) is 0 Å². The Morgan fingerprint density at radius 2 is 1.60 bits per heavy atom. The van der Waals surface area contributed by atoms with Gasteiger partial charge in [0, 0.05) is 18.3 Å². The normalized spacial score (nSPS) is 11.2. The van der Waals surface area contributed by atoms with Gasteiger partial charge in [-0.3, -0.25) is 9.59 Å². The van der Waals surface area contributed by atoms with Gasteiger partial charge >= 0.3 is 0 Å². The number of carbonyl (C=O) groups excluding carboxylic acids is 2. The third kappa shape index (κ3) is 6.54. The van der Waals surface area contributed by atoms with Gasteiger partial charge in [0.05, 0.1) is 6.04 Å². The molecular formula is C14H22ClN3O2. The lowest BCUT2D eigenvalue weighted by atomic mass is 10.2. The molecule has 0 radical (unpaired) electrons. The number of hydrogen-bond donors (Lipinski definition) is 3. The maximum atomic E-state index is 11.8. The number of nitrogens with one attached hydrogen (secondary N) is 3. The van der Waals surface area contributed by atoms with E-state index in [0.29, 0.717) is 11.4 Å². The number of rotatable bonds is 6. The van der Waals surface area contributed by atoms with Crippen LogP contribution >= 0.6 is 12.4 Å². The zero-order chi connectivity index (χ0) is 14.3. The van der Waals surface area contributed by atoms with E-state index in [4.69, 9.17) is 0 Å². The topological polar surface area (TPSA) is 70.2 Å². The smallest absolute Gasteiger partial charge is 0.241 e. The molecule has 0 aliphatic carbocycles. The molecule has 0 saturated carbocycles. The van der Waals surface area contributed by atoms with Crippen molar-refractivity contribution in [2.45, 2.75) is 33.2 Å². The number of carbonyl (C=O) groups is 2. The molecular weight excluding hydrogens is 278 g/mol.